The minimum absolute atomic E-state index is 0.694. The molecule has 3 heteroatoms. The van der Waals surface area contributed by atoms with E-state index >= 15 is 0 Å². The molecule has 0 aliphatic rings. The van der Waals surface area contributed by atoms with Gasteiger partial charge < -0.3 is 10.5 Å². The van der Waals surface area contributed by atoms with Gasteiger partial charge in [0.2, 0.25) is 0 Å². The molecule has 0 saturated heterocycles. The number of rotatable bonds is 4. The summed E-state index contributed by atoms with van der Waals surface area (Å²) < 4.78 is 5.20. The summed E-state index contributed by atoms with van der Waals surface area (Å²) in [6, 6.07) is 7.80. The van der Waals surface area contributed by atoms with Crippen LogP contribution in [0.1, 0.15) is 6.92 Å². The lowest BCUT2D eigenvalue weighted by Crippen LogP contribution is -1.88. The number of hydrogen-bond acceptors (Lipinski definition) is 3. The molecule has 0 heterocycles. The fourth-order valence-electron chi connectivity index (χ4n) is 0.797. The molecule has 12 heavy (non-hydrogen) atoms. The number of ether oxygens (including phenoxy) is 1. The van der Waals surface area contributed by atoms with Crippen LogP contribution in [0.25, 0.3) is 0 Å². The van der Waals surface area contributed by atoms with Gasteiger partial charge in [-0.3, -0.25) is 0 Å². The lowest BCUT2D eigenvalue weighted by atomic mass is 10.3. The monoisotopic (exact) mass is 183 g/mol. The van der Waals surface area contributed by atoms with Crippen molar-refractivity contribution in [3.63, 3.8) is 0 Å². The maximum Gasteiger partial charge on any atom is 0.0966 e. The second-order valence-electron chi connectivity index (χ2n) is 2.33. The molecule has 2 N–H and O–H groups in total. The molecule has 1 aromatic carbocycles. The number of thioether (sulfide) groups is 1. The lowest BCUT2D eigenvalue weighted by Gasteiger charge is -2.01. The molecule has 0 radical (unpaired) electrons. The number of hydrogen-bond donors (Lipinski definition) is 1. The van der Waals surface area contributed by atoms with E-state index in [9.17, 15) is 0 Å². The van der Waals surface area contributed by atoms with Crippen LogP contribution >= 0.6 is 11.8 Å². The number of anilines is 1. The normalized spacial score (nSPS) is 10.1. The average molecular weight is 183 g/mol. The van der Waals surface area contributed by atoms with Gasteiger partial charge in [0.25, 0.3) is 0 Å². The van der Waals surface area contributed by atoms with Gasteiger partial charge in [-0.25, -0.2) is 0 Å². The smallest absolute Gasteiger partial charge is 0.0966 e. The van der Waals surface area contributed by atoms with Crippen LogP contribution in [-0.4, -0.2) is 12.5 Å². The van der Waals surface area contributed by atoms with Gasteiger partial charge in [0.1, 0.15) is 0 Å². The highest BCUT2D eigenvalue weighted by Gasteiger charge is 1.92. The van der Waals surface area contributed by atoms with Crippen molar-refractivity contribution in [3.05, 3.63) is 24.3 Å². The number of nitrogen functional groups attached to an aromatic ring is 1. The van der Waals surface area contributed by atoms with Crippen molar-refractivity contribution in [2.45, 2.75) is 11.8 Å². The first-order valence-electron chi connectivity index (χ1n) is 3.89. The summed E-state index contributed by atoms with van der Waals surface area (Å²) in [6.45, 7) is 2.75. The van der Waals surface area contributed by atoms with E-state index in [1.54, 1.807) is 11.8 Å². The molecule has 0 aromatic heterocycles. The zero-order chi connectivity index (χ0) is 8.81. The molecule has 66 valence electrons. The first-order chi connectivity index (χ1) is 5.83. The molecule has 0 amide bonds. The third-order valence-corrected chi connectivity index (χ3v) is 2.24. The van der Waals surface area contributed by atoms with Crippen molar-refractivity contribution in [2.24, 2.45) is 0 Å². The molecule has 0 atom stereocenters. The molecule has 0 saturated carbocycles. The summed E-state index contributed by atoms with van der Waals surface area (Å²) in [7, 11) is 0. The van der Waals surface area contributed by atoms with E-state index in [-0.39, 0.29) is 0 Å². The Balaban J connectivity index is 2.41. The summed E-state index contributed by atoms with van der Waals surface area (Å²) in [4.78, 5) is 1.16. The average Bonchev–Trinajstić information content (AvgIpc) is 2.05. The van der Waals surface area contributed by atoms with Crippen LogP contribution in [-0.2, 0) is 4.74 Å². The number of benzene rings is 1. The topological polar surface area (TPSA) is 35.2 Å². The maximum atomic E-state index is 5.61. The fourth-order valence-corrected chi connectivity index (χ4v) is 1.58. The van der Waals surface area contributed by atoms with Crippen LogP contribution in [0.2, 0.25) is 0 Å². The summed E-state index contributed by atoms with van der Waals surface area (Å²) >= 11 is 1.66. The van der Waals surface area contributed by atoms with Gasteiger partial charge in [0, 0.05) is 17.2 Å². The van der Waals surface area contributed by atoms with Crippen LogP contribution in [0.4, 0.5) is 5.69 Å². The predicted octanol–water partition coefficient (Wildman–Crippen LogP) is 2.35. The van der Waals surface area contributed by atoms with Crippen molar-refractivity contribution < 1.29 is 4.74 Å². The molecule has 1 rings (SSSR count). The zero-order valence-electron chi connectivity index (χ0n) is 7.12. The van der Waals surface area contributed by atoms with E-state index in [1.807, 2.05) is 31.2 Å². The Morgan fingerprint density at radius 1 is 1.50 bits per heavy atom. The van der Waals surface area contributed by atoms with Crippen molar-refractivity contribution in [1.82, 2.24) is 0 Å². The summed E-state index contributed by atoms with van der Waals surface area (Å²) in [5.74, 6) is 0.694. The molecule has 0 aliphatic heterocycles. The molecule has 0 fully saturated rings. The van der Waals surface area contributed by atoms with Crippen molar-refractivity contribution in [2.75, 3.05) is 18.3 Å². The van der Waals surface area contributed by atoms with Crippen LogP contribution in [0.15, 0.2) is 29.2 Å². The summed E-state index contributed by atoms with van der Waals surface area (Å²) in [5, 5.41) is 0. The minimum Gasteiger partial charge on any atom is -0.399 e. The highest BCUT2D eigenvalue weighted by molar-refractivity contribution is 7.99. The standard InChI is InChI=1S/C9H13NOS/c1-2-11-7-12-9-5-3-4-8(10)6-9/h3-6H,2,7,10H2,1H3. The molecule has 2 nitrogen and oxygen atoms in total. The lowest BCUT2D eigenvalue weighted by molar-refractivity contribution is 0.199. The molecule has 1 aromatic rings. The van der Waals surface area contributed by atoms with Crippen molar-refractivity contribution in [3.8, 4) is 0 Å². The van der Waals surface area contributed by atoms with E-state index in [2.05, 4.69) is 0 Å². The highest BCUT2D eigenvalue weighted by Crippen LogP contribution is 2.19. The van der Waals surface area contributed by atoms with E-state index in [4.69, 9.17) is 10.5 Å². The minimum atomic E-state index is 0.694. The summed E-state index contributed by atoms with van der Waals surface area (Å²) in [5.41, 5.74) is 6.41. The quantitative estimate of drug-likeness (QED) is 0.337. The van der Waals surface area contributed by atoms with Gasteiger partial charge in [-0.1, -0.05) is 17.8 Å². The van der Waals surface area contributed by atoms with Crippen LogP contribution in [0.5, 0.6) is 0 Å². The second-order valence-corrected chi connectivity index (χ2v) is 3.32. The van der Waals surface area contributed by atoms with Gasteiger partial charge in [-0.05, 0) is 25.1 Å². The molecular weight excluding hydrogens is 170 g/mol. The van der Waals surface area contributed by atoms with Crippen LogP contribution in [0.3, 0.4) is 0 Å². The van der Waals surface area contributed by atoms with Gasteiger partial charge in [0.05, 0.1) is 5.94 Å². The predicted molar refractivity (Wildman–Crippen MR) is 53.2 cm³/mol. The van der Waals surface area contributed by atoms with Gasteiger partial charge in [-0.15, -0.1) is 0 Å². The molecule has 0 bridgehead atoms. The van der Waals surface area contributed by atoms with E-state index < -0.39 is 0 Å². The fraction of sp³-hybridized carbons (Fsp3) is 0.333. The number of nitrogens with two attached hydrogens (primary N) is 1. The highest BCUT2D eigenvalue weighted by atomic mass is 32.2. The Labute approximate surface area is 77.1 Å². The second kappa shape index (κ2) is 5.06. The van der Waals surface area contributed by atoms with Crippen LogP contribution in [0, 0.1) is 0 Å². The Hall–Kier alpha value is -0.670. The SMILES string of the molecule is CCOCSc1cccc(N)c1. The van der Waals surface area contributed by atoms with Crippen molar-refractivity contribution >= 4 is 17.4 Å². The van der Waals surface area contributed by atoms with E-state index in [1.165, 1.54) is 0 Å². The van der Waals surface area contributed by atoms with Gasteiger partial charge >= 0.3 is 0 Å². The summed E-state index contributed by atoms with van der Waals surface area (Å²) in [6.07, 6.45) is 0. The third-order valence-electron chi connectivity index (χ3n) is 1.37. The van der Waals surface area contributed by atoms with Crippen molar-refractivity contribution in [1.29, 1.82) is 0 Å². The van der Waals surface area contributed by atoms with Gasteiger partial charge in [0.15, 0.2) is 0 Å². The third kappa shape index (κ3) is 3.15. The maximum absolute atomic E-state index is 5.61. The molecule has 0 spiro atoms. The Morgan fingerprint density at radius 3 is 3.00 bits per heavy atom. The zero-order valence-corrected chi connectivity index (χ0v) is 7.93. The van der Waals surface area contributed by atoms with E-state index in [0.717, 1.165) is 17.2 Å². The first-order valence-corrected chi connectivity index (χ1v) is 4.87. The van der Waals surface area contributed by atoms with E-state index in [0.29, 0.717) is 5.94 Å². The van der Waals surface area contributed by atoms with Gasteiger partial charge in [-0.2, -0.15) is 0 Å². The molecule has 0 aliphatic carbocycles. The Bertz CT molecular complexity index is 240. The van der Waals surface area contributed by atoms with Crippen LogP contribution < -0.4 is 5.73 Å². The molecular formula is C9H13NOS. The molecule has 0 unspecified atom stereocenters. The first kappa shape index (κ1) is 9.42. The Morgan fingerprint density at radius 2 is 2.33 bits per heavy atom. The largest absolute Gasteiger partial charge is 0.399 e. The Kier molecular flexibility index (Phi) is 3.97.